The third-order valence-electron chi connectivity index (χ3n) is 5.14. The van der Waals surface area contributed by atoms with Gasteiger partial charge in [-0.15, -0.1) is 12.4 Å². The van der Waals surface area contributed by atoms with E-state index in [9.17, 15) is 4.79 Å². The van der Waals surface area contributed by atoms with Gasteiger partial charge in [0, 0.05) is 50.5 Å². The topological polar surface area (TPSA) is 44.8 Å². The van der Waals surface area contributed by atoms with Gasteiger partial charge in [0.25, 0.3) is 0 Å². The van der Waals surface area contributed by atoms with Crippen molar-refractivity contribution in [3.8, 4) is 5.75 Å². The molecule has 2 aliphatic rings. The van der Waals surface area contributed by atoms with Crippen molar-refractivity contribution in [2.45, 2.75) is 12.8 Å². The second-order valence-corrected chi connectivity index (χ2v) is 6.88. The molecule has 6 heteroatoms. The van der Waals surface area contributed by atoms with Crippen molar-refractivity contribution in [1.82, 2.24) is 4.90 Å². The molecule has 0 bridgehead atoms. The number of ether oxygens (including phenoxy) is 1. The SMILES string of the molecule is Cl.O=C1CCc2cc(OCCN3CCN(c4ccccc4)CC3)ccc2N1. The van der Waals surface area contributed by atoms with Crippen LogP contribution in [0.5, 0.6) is 5.75 Å². The molecule has 4 rings (SSSR count). The third kappa shape index (κ3) is 4.93. The van der Waals surface area contributed by atoms with Crippen LogP contribution in [0.3, 0.4) is 0 Å². The zero-order valence-corrected chi connectivity index (χ0v) is 16.2. The van der Waals surface area contributed by atoms with Gasteiger partial charge in [0.1, 0.15) is 12.4 Å². The van der Waals surface area contributed by atoms with Crippen molar-refractivity contribution in [3.63, 3.8) is 0 Å². The van der Waals surface area contributed by atoms with Crippen molar-refractivity contribution >= 4 is 29.7 Å². The average molecular weight is 388 g/mol. The summed E-state index contributed by atoms with van der Waals surface area (Å²) in [5, 5.41) is 2.91. The van der Waals surface area contributed by atoms with Gasteiger partial charge in [-0.25, -0.2) is 0 Å². The number of carbonyl (C=O) groups is 1. The molecule has 5 nitrogen and oxygen atoms in total. The van der Waals surface area contributed by atoms with Crippen molar-refractivity contribution in [1.29, 1.82) is 0 Å². The fraction of sp³-hybridized carbons (Fsp3) is 0.381. The summed E-state index contributed by atoms with van der Waals surface area (Å²) in [4.78, 5) is 16.3. The Kier molecular flexibility index (Phi) is 6.58. The summed E-state index contributed by atoms with van der Waals surface area (Å²) < 4.78 is 5.95. The Labute approximate surface area is 166 Å². The summed E-state index contributed by atoms with van der Waals surface area (Å²) in [6.45, 7) is 5.88. The number of rotatable bonds is 5. The Morgan fingerprint density at radius 3 is 2.52 bits per heavy atom. The molecule has 144 valence electrons. The molecule has 2 heterocycles. The van der Waals surface area contributed by atoms with Crippen LogP contribution in [0.25, 0.3) is 0 Å². The second-order valence-electron chi connectivity index (χ2n) is 6.88. The molecular weight excluding hydrogens is 362 g/mol. The molecule has 27 heavy (non-hydrogen) atoms. The standard InChI is InChI=1S/C21H25N3O2.ClH/c25-21-9-6-17-16-19(7-8-20(17)22-21)26-15-14-23-10-12-24(13-11-23)18-4-2-1-3-5-18;/h1-5,7-8,16H,6,9-15H2,(H,22,25);1H. The minimum absolute atomic E-state index is 0. The number of anilines is 2. The van der Waals surface area contributed by atoms with Crippen LogP contribution >= 0.6 is 12.4 Å². The first-order chi connectivity index (χ1) is 12.8. The minimum atomic E-state index is 0. The van der Waals surface area contributed by atoms with Gasteiger partial charge in [0.15, 0.2) is 0 Å². The van der Waals surface area contributed by atoms with E-state index in [0.29, 0.717) is 13.0 Å². The molecule has 1 saturated heterocycles. The van der Waals surface area contributed by atoms with Gasteiger partial charge in [-0.3, -0.25) is 9.69 Å². The summed E-state index contributed by atoms with van der Waals surface area (Å²) in [6.07, 6.45) is 1.35. The monoisotopic (exact) mass is 387 g/mol. The van der Waals surface area contributed by atoms with Crippen LogP contribution in [-0.4, -0.2) is 50.1 Å². The van der Waals surface area contributed by atoms with E-state index in [0.717, 1.165) is 50.6 Å². The van der Waals surface area contributed by atoms with Crippen LogP contribution in [0, 0.1) is 0 Å². The number of piperazine rings is 1. The van der Waals surface area contributed by atoms with E-state index < -0.39 is 0 Å². The van der Waals surface area contributed by atoms with Gasteiger partial charge in [0.05, 0.1) is 0 Å². The van der Waals surface area contributed by atoms with E-state index in [1.165, 1.54) is 11.3 Å². The molecule has 0 aliphatic carbocycles. The maximum atomic E-state index is 11.4. The molecule has 2 aromatic carbocycles. The Morgan fingerprint density at radius 2 is 1.74 bits per heavy atom. The zero-order valence-electron chi connectivity index (χ0n) is 15.4. The quantitative estimate of drug-likeness (QED) is 0.855. The Hall–Kier alpha value is -2.24. The number of hydrogen-bond donors (Lipinski definition) is 1. The van der Waals surface area contributed by atoms with E-state index in [1.807, 2.05) is 12.1 Å². The van der Waals surface area contributed by atoms with Gasteiger partial charge in [-0.05, 0) is 42.3 Å². The molecule has 0 atom stereocenters. The summed E-state index contributed by atoms with van der Waals surface area (Å²) >= 11 is 0. The number of halogens is 1. The van der Waals surface area contributed by atoms with Gasteiger partial charge < -0.3 is 15.0 Å². The lowest BCUT2D eigenvalue weighted by Crippen LogP contribution is -2.47. The van der Waals surface area contributed by atoms with Crippen LogP contribution < -0.4 is 15.0 Å². The Balaban J connectivity index is 0.00000210. The molecule has 0 saturated carbocycles. The van der Waals surface area contributed by atoms with Crippen LogP contribution in [0.1, 0.15) is 12.0 Å². The molecule has 2 aliphatic heterocycles. The maximum Gasteiger partial charge on any atom is 0.224 e. The van der Waals surface area contributed by atoms with Crippen LogP contribution in [0.4, 0.5) is 11.4 Å². The number of benzene rings is 2. The van der Waals surface area contributed by atoms with Crippen LogP contribution in [0.15, 0.2) is 48.5 Å². The highest BCUT2D eigenvalue weighted by molar-refractivity contribution is 5.94. The fourth-order valence-corrected chi connectivity index (χ4v) is 3.61. The third-order valence-corrected chi connectivity index (χ3v) is 5.14. The molecule has 2 aromatic rings. The van der Waals surface area contributed by atoms with Gasteiger partial charge >= 0.3 is 0 Å². The van der Waals surface area contributed by atoms with E-state index in [-0.39, 0.29) is 18.3 Å². The largest absolute Gasteiger partial charge is 0.492 e. The second kappa shape index (κ2) is 9.11. The van der Waals surface area contributed by atoms with E-state index in [1.54, 1.807) is 0 Å². The lowest BCUT2D eigenvalue weighted by atomic mass is 10.0. The van der Waals surface area contributed by atoms with E-state index in [2.05, 4.69) is 51.5 Å². The molecule has 1 N–H and O–H groups in total. The first-order valence-electron chi connectivity index (χ1n) is 9.36. The summed E-state index contributed by atoms with van der Waals surface area (Å²) in [5.74, 6) is 0.989. The predicted molar refractivity (Wildman–Crippen MR) is 111 cm³/mol. The number of fused-ring (bicyclic) bond motifs is 1. The maximum absolute atomic E-state index is 11.4. The minimum Gasteiger partial charge on any atom is -0.492 e. The average Bonchev–Trinajstić information content (AvgIpc) is 2.69. The fourth-order valence-electron chi connectivity index (χ4n) is 3.61. The van der Waals surface area contributed by atoms with Crippen molar-refractivity contribution in [2.75, 3.05) is 49.5 Å². The Bertz CT molecular complexity index is 761. The number of para-hydroxylation sites is 1. The van der Waals surface area contributed by atoms with Gasteiger partial charge in [-0.1, -0.05) is 18.2 Å². The van der Waals surface area contributed by atoms with E-state index in [4.69, 9.17) is 4.74 Å². The summed E-state index contributed by atoms with van der Waals surface area (Å²) in [6, 6.07) is 16.6. The lowest BCUT2D eigenvalue weighted by molar-refractivity contribution is -0.116. The molecule has 1 amide bonds. The molecule has 0 spiro atoms. The number of amides is 1. The highest BCUT2D eigenvalue weighted by Gasteiger charge is 2.17. The van der Waals surface area contributed by atoms with Crippen LogP contribution in [0.2, 0.25) is 0 Å². The molecular formula is C21H26ClN3O2. The number of carbonyl (C=O) groups excluding carboxylic acids is 1. The van der Waals surface area contributed by atoms with Gasteiger partial charge in [-0.2, -0.15) is 0 Å². The predicted octanol–water partition coefficient (Wildman–Crippen LogP) is 3.19. The number of hydrogen-bond acceptors (Lipinski definition) is 4. The van der Waals surface area contributed by atoms with Crippen molar-refractivity contribution in [3.05, 3.63) is 54.1 Å². The zero-order chi connectivity index (χ0) is 17.8. The number of nitrogens with zero attached hydrogens (tertiary/aromatic N) is 2. The smallest absolute Gasteiger partial charge is 0.224 e. The van der Waals surface area contributed by atoms with Crippen molar-refractivity contribution < 1.29 is 9.53 Å². The van der Waals surface area contributed by atoms with E-state index >= 15 is 0 Å². The number of nitrogens with one attached hydrogen (secondary N) is 1. The molecule has 1 fully saturated rings. The normalized spacial score (nSPS) is 16.9. The first kappa shape index (κ1) is 19.5. The van der Waals surface area contributed by atoms with Crippen molar-refractivity contribution in [2.24, 2.45) is 0 Å². The Morgan fingerprint density at radius 1 is 0.963 bits per heavy atom. The molecule has 0 unspecified atom stereocenters. The molecule has 0 aromatic heterocycles. The summed E-state index contributed by atoms with van der Waals surface area (Å²) in [5.41, 5.74) is 3.40. The highest BCUT2D eigenvalue weighted by atomic mass is 35.5. The number of aryl methyl sites for hydroxylation is 1. The lowest BCUT2D eigenvalue weighted by Gasteiger charge is -2.36. The van der Waals surface area contributed by atoms with Gasteiger partial charge in [0.2, 0.25) is 5.91 Å². The summed E-state index contributed by atoms with van der Waals surface area (Å²) in [7, 11) is 0. The highest BCUT2D eigenvalue weighted by Crippen LogP contribution is 2.26. The molecule has 0 radical (unpaired) electrons. The first-order valence-corrected chi connectivity index (χ1v) is 9.36. The van der Waals surface area contributed by atoms with Crippen LogP contribution in [-0.2, 0) is 11.2 Å².